The molecule has 1 unspecified atom stereocenters. The Kier molecular flexibility index (Phi) is 3.91. The van der Waals surface area contributed by atoms with Crippen LogP contribution in [0, 0.1) is 11.2 Å². The van der Waals surface area contributed by atoms with Crippen LogP contribution in [-0.2, 0) is 6.42 Å². The second-order valence-corrected chi connectivity index (χ2v) is 5.51. The molecule has 1 N–H and O–H groups in total. The summed E-state index contributed by atoms with van der Waals surface area (Å²) in [6.45, 7) is 2.10. The maximum atomic E-state index is 14.0. The van der Waals surface area contributed by atoms with Crippen LogP contribution in [0.15, 0.2) is 18.2 Å². The molecule has 1 aromatic rings. The molecule has 1 fully saturated rings. The van der Waals surface area contributed by atoms with Crippen LogP contribution in [0.25, 0.3) is 0 Å². The number of halogens is 1. The summed E-state index contributed by atoms with van der Waals surface area (Å²) in [6.07, 6.45) is 4.25. The van der Waals surface area contributed by atoms with Gasteiger partial charge in [-0.2, -0.15) is 0 Å². The minimum atomic E-state index is -0.485. The second-order valence-electron chi connectivity index (χ2n) is 5.51. The van der Waals surface area contributed by atoms with Gasteiger partial charge < -0.3 is 9.84 Å². The molecule has 0 saturated heterocycles. The van der Waals surface area contributed by atoms with E-state index in [-0.39, 0.29) is 17.0 Å². The van der Waals surface area contributed by atoms with Gasteiger partial charge in [0.1, 0.15) is 0 Å². The summed E-state index contributed by atoms with van der Waals surface area (Å²) in [5.74, 6) is -0.100. The van der Waals surface area contributed by atoms with E-state index in [1.165, 1.54) is 7.11 Å². The van der Waals surface area contributed by atoms with Crippen molar-refractivity contribution in [3.63, 3.8) is 0 Å². The molecule has 2 nitrogen and oxygen atoms in total. The van der Waals surface area contributed by atoms with Crippen molar-refractivity contribution in [2.75, 3.05) is 7.11 Å². The summed E-state index contributed by atoms with van der Waals surface area (Å²) in [5, 5.41) is 10.3. The number of ether oxygens (including phenoxy) is 1. The molecule has 100 valence electrons. The van der Waals surface area contributed by atoms with Crippen molar-refractivity contribution in [3.8, 4) is 5.75 Å². The lowest BCUT2D eigenvalue weighted by molar-refractivity contribution is 0.0416. The van der Waals surface area contributed by atoms with Crippen LogP contribution in [0.1, 0.15) is 38.2 Å². The fraction of sp³-hybridized carbons (Fsp3) is 0.600. The lowest BCUT2D eigenvalue weighted by Gasteiger charge is -2.30. The second kappa shape index (κ2) is 5.27. The van der Waals surface area contributed by atoms with E-state index in [1.54, 1.807) is 18.2 Å². The fourth-order valence-corrected chi connectivity index (χ4v) is 2.84. The summed E-state index contributed by atoms with van der Waals surface area (Å²) < 4.78 is 19.0. The summed E-state index contributed by atoms with van der Waals surface area (Å²) >= 11 is 0. The van der Waals surface area contributed by atoms with E-state index < -0.39 is 6.10 Å². The molecule has 0 aliphatic heterocycles. The molecule has 18 heavy (non-hydrogen) atoms. The van der Waals surface area contributed by atoms with Gasteiger partial charge in [0.05, 0.1) is 13.2 Å². The third-order valence-electron chi connectivity index (χ3n) is 4.23. The number of hydrogen-bond acceptors (Lipinski definition) is 2. The fourth-order valence-electron chi connectivity index (χ4n) is 2.84. The minimum absolute atomic E-state index is 0.0600. The van der Waals surface area contributed by atoms with Crippen LogP contribution in [-0.4, -0.2) is 18.3 Å². The zero-order chi connectivity index (χ0) is 13.2. The van der Waals surface area contributed by atoms with Gasteiger partial charge in [0.25, 0.3) is 0 Å². The topological polar surface area (TPSA) is 29.5 Å². The van der Waals surface area contributed by atoms with Crippen LogP contribution in [0.5, 0.6) is 5.75 Å². The Balaban J connectivity index is 2.14. The number of methoxy groups -OCH3 is 1. The van der Waals surface area contributed by atoms with E-state index in [0.717, 1.165) is 25.7 Å². The third-order valence-corrected chi connectivity index (χ3v) is 4.23. The van der Waals surface area contributed by atoms with Gasteiger partial charge in [-0.25, -0.2) is 4.39 Å². The highest BCUT2D eigenvalue weighted by molar-refractivity contribution is 5.31. The summed E-state index contributed by atoms with van der Waals surface area (Å²) in [5.41, 5.74) is 0.477. The molecular formula is C15H21FO2. The molecule has 1 aromatic carbocycles. The van der Waals surface area contributed by atoms with E-state index in [0.29, 0.717) is 12.0 Å². The van der Waals surface area contributed by atoms with Gasteiger partial charge >= 0.3 is 0 Å². The largest absolute Gasteiger partial charge is 0.494 e. The van der Waals surface area contributed by atoms with Crippen LogP contribution < -0.4 is 4.74 Å². The standard InChI is InChI=1S/C15H21FO2/c1-15(8-3-4-9-15)13(17)10-11-6-5-7-12(18-2)14(11)16/h5-7,13,17H,3-4,8-10H2,1-2H3. The molecule has 3 heteroatoms. The van der Waals surface area contributed by atoms with E-state index in [4.69, 9.17) is 4.74 Å². The molecule has 1 atom stereocenters. The highest BCUT2D eigenvalue weighted by Gasteiger charge is 2.36. The van der Waals surface area contributed by atoms with Crippen molar-refractivity contribution < 1.29 is 14.2 Å². The number of rotatable bonds is 4. The van der Waals surface area contributed by atoms with Gasteiger partial charge in [-0.1, -0.05) is 31.9 Å². The van der Waals surface area contributed by atoms with Gasteiger partial charge in [-0.05, 0) is 29.9 Å². The monoisotopic (exact) mass is 252 g/mol. The van der Waals surface area contributed by atoms with Crippen LogP contribution in [0.2, 0.25) is 0 Å². The van der Waals surface area contributed by atoms with E-state index in [2.05, 4.69) is 6.92 Å². The van der Waals surface area contributed by atoms with E-state index >= 15 is 0 Å². The Hall–Kier alpha value is -1.09. The van der Waals surface area contributed by atoms with Crippen molar-refractivity contribution in [1.29, 1.82) is 0 Å². The Labute approximate surface area is 108 Å². The first-order valence-electron chi connectivity index (χ1n) is 6.56. The van der Waals surface area contributed by atoms with Gasteiger partial charge in [-0.3, -0.25) is 0 Å². The molecular weight excluding hydrogens is 231 g/mol. The Morgan fingerprint density at radius 3 is 2.67 bits per heavy atom. The molecule has 0 spiro atoms. The Bertz CT molecular complexity index is 411. The normalized spacial score (nSPS) is 19.8. The highest BCUT2D eigenvalue weighted by Crippen LogP contribution is 2.41. The third kappa shape index (κ3) is 2.51. The summed E-state index contributed by atoms with van der Waals surface area (Å²) in [7, 11) is 1.46. The van der Waals surface area contributed by atoms with Crippen molar-refractivity contribution in [2.24, 2.45) is 5.41 Å². The number of aliphatic hydroxyl groups is 1. The zero-order valence-corrected chi connectivity index (χ0v) is 11.1. The molecule has 0 bridgehead atoms. The smallest absolute Gasteiger partial charge is 0.168 e. The van der Waals surface area contributed by atoms with E-state index in [1.807, 2.05) is 0 Å². The maximum Gasteiger partial charge on any atom is 0.168 e. The summed E-state index contributed by atoms with van der Waals surface area (Å²) in [4.78, 5) is 0. The van der Waals surface area contributed by atoms with Gasteiger partial charge in [-0.15, -0.1) is 0 Å². The quantitative estimate of drug-likeness (QED) is 0.890. The van der Waals surface area contributed by atoms with Crippen LogP contribution in [0.3, 0.4) is 0 Å². The van der Waals surface area contributed by atoms with Crippen molar-refractivity contribution in [1.82, 2.24) is 0 Å². The van der Waals surface area contributed by atoms with Crippen LogP contribution in [0.4, 0.5) is 4.39 Å². The van der Waals surface area contributed by atoms with Gasteiger partial charge in [0, 0.05) is 6.42 Å². The van der Waals surface area contributed by atoms with Crippen molar-refractivity contribution >= 4 is 0 Å². The van der Waals surface area contributed by atoms with Crippen molar-refractivity contribution in [2.45, 2.75) is 45.1 Å². The lowest BCUT2D eigenvalue weighted by Crippen LogP contribution is -2.31. The number of benzene rings is 1. The molecule has 0 aromatic heterocycles. The molecule has 1 aliphatic carbocycles. The molecule has 1 aliphatic rings. The average molecular weight is 252 g/mol. The minimum Gasteiger partial charge on any atom is -0.494 e. The first kappa shape index (κ1) is 13.3. The Morgan fingerprint density at radius 1 is 1.39 bits per heavy atom. The summed E-state index contributed by atoms with van der Waals surface area (Å²) in [6, 6.07) is 5.09. The van der Waals surface area contributed by atoms with Crippen LogP contribution >= 0.6 is 0 Å². The zero-order valence-electron chi connectivity index (χ0n) is 11.1. The lowest BCUT2D eigenvalue weighted by atomic mass is 9.80. The predicted molar refractivity (Wildman–Crippen MR) is 69.2 cm³/mol. The number of aliphatic hydroxyl groups excluding tert-OH is 1. The number of hydrogen-bond donors (Lipinski definition) is 1. The predicted octanol–water partition coefficient (Wildman–Crippen LogP) is 3.32. The van der Waals surface area contributed by atoms with Gasteiger partial charge in [0.15, 0.2) is 11.6 Å². The van der Waals surface area contributed by atoms with E-state index in [9.17, 15) is 9.50 Å². The Morgan fingerprint density at radius 2 is 2.06 bits per heavy atom. The molecule has 1 saturated carbocycles. The SMILES string of the molecule is COc1cccc(CC(O)C2(C)CCCC2)c1F. The molecule has 0 radical (unpaired) electrons. The first-order valence-corrected chi connectivity index (χ1v) is 6.56. The highest BCUT2D eigenvalue weighted by atomic mass is 19.1. The average Bonchev–Trinajstić information content (AvgIpc) is 2.80. The van der Waals surface area contributed by atoms with Crippen molar-refractivity contribution in [3.05, 3.63) is 29.6 Å². The maximum absolute atomic E-state index is 14.0. The molecule has 0 heterocycles. The molecule has 2 rings (SSSR count). The molecule has 0 amide bonds. The first-order chi connectivity index (χ1) is 8.57. The van der Waals surface area contributed by atoms with Gasteiger partial charge in [0.2, 0.25) is 0 Å².